The van der Waals surface area contributed by atoms with Crippen LogP contribution in [0.15, 0.2) is 47.6 Å². The molecule has 2 aromatic carbocycles. The van der Waals surface area contributed by atoms with E-state index in [2.05, 4.69) is 10.5 Å². The van der Waals surface area contributed by atoms with E-state index in [4.69, 9.17) is 16.3 Å². The Bertz CT molecular complexity index is 690. The summed E-state index contributed by atoms with van der Waals surface area (Å²) in [7, 11) is 0. The molecule has 0 heterocycles. The van der Waals surface area contributed by atoms with Crippen molar-refractivity contribution in [3.05, 3.63) is 64.7 Å². The summed E-state index contributed by atoms with van der Waals surface area (Å²) in [6, 6.07) is 10.1. The second kappa shape index (κ2) is 7.51. The summed E-state index contributed by atoms with van der Waals surface area (Å²) in [4.78, 5) is 11.5. The summed E-state index contributed by atoms with van der Waals surface area (Å²) >= 11 is 5.71. The van der Waals surface area contributed by atoms with Crippen LogP contribution < -0.4 is 10.2 Å². The minimum absolute atomic E-state index is 0.0704. The van der Waals surface area contributed by atoms with Crippen molar-refractivity contribution in [2.24, 2.45) is 5.10 Å². The van der Waals surface area contributed by atoms with E-state index in [1.165, 1.54) is 12.1 Å². The van der Waals surface area contributed by atoms with Crippen molar-refractivity contribution in [3.63, 3.8) is 0 Å². The molecule has 2 rings (SSSR count). The van der Waals surface area contributed by atoms with Gasteiger partial charge >= 0.3 is 0 Å². The molecule has 0 aliphatic heterocycles. The normalized spacial score (nSPS) is 10.7. The molecule has 114 valence electrons. The van der Waals surface area contributed by atoms with Crippen molar-refractivity contribution in [3.8, 4) is 5.75 Å². The molecule has 1 amide bonds. The van der Waals surface area contributed by atoms with Crippen LogP contribution in [-0.4, -0.2) is 18.7 Å². The average molecular weight is 325 g/mol. The van der Waals surface area contributed by atoms with Gasteiger partial charge in [0.05, 0.1) is 6.21 Å². The number of nitrogens with zero attached hydrogens (tertiary/aromatic N) is 1. The van der Waals surface area contributed by atoms with E-state index in [0.717, 1.165) is 12.3 Å². The topological polar surface area (TPSA) is 50.7 Å². The molecule has 0 atom stereocenters. The molecule has 0 bridgehead atoms. The quantitative estimate of drug-likeness (QED) is 0.678. The number of benzene rings is 2. The summed E-state index contributed by atoms with van der Waals surface area (Å²) in [6.45, 7) is -0.273. The SMILES string of the molecule is O=C(COc1ccc(Cl)cc1)NN=Cc1cccc(F)c1F. The molecule has 0 saturated carbocycles. The van der Waals surface area contributed by atoms with Gasteiger partial charge in [-0.1, -0.05) is 23.7 Å². The lowest BCUT2D eigenvalue weighted by atomic mass is 10.2. The fraction of sp³-hybridized carbons (Fsp3) is 0.0667. The molecule has 4 nitrogen and oxygen atoms in total. The molecule has 0 aliphatic carbocycles. The first-order chi connectivity index (χ1) is 10.6. The molecule has 22 heavy (non-hydrogen) atoms. The lowest BCUT2D eigenvalue weighted by Gasteiger charge is -2.04. The van der Waals surface area contributed by atoms with Crippen LogP contribution >= 0.6 is 11.6 Å². The first-order valence-electron chi connectivity index (χ1n) is 6.20. The summed E-state index contributed by atoms with van der Waals surface area (Å²) < 4.78 is 31.5. The summed E-state index contributed by atoms with van der Waals surface area (Å²) in [6.07, 6.45) is 1.01. The maximum absolute atomic E-state index is 13.3. The van der Waals surface area contributed by atoms with Crippen molar-refractivity contribution >= 4 is 23.7 Å². The predicted molar refractivity (Wildman–Crippen MR) is 79.0 cm³/mol. The zero-order valence-electron chi connectivity index (χ0n) is 11.2. The molecular weight excluding hydrogens is 314 g/mol. The Balaban J connectivity index is 1.83. The maximum atomic E-state index is 13.3. The zero-order valence-corrected chi connectivity index (χ0v) is 12.0. The van der Waals surface area contributed by atoms with Gasteiger partial charge in [-0.15, -0.1) is 0 Å². The van der Waals surface area contributed by atoms with Crippen LogP contribution in [0.5, 0.6) is 5.75 Å². The highest BCUT2D eigenvalue weighted by Gasteiger charge is 2.05. The third-order valence-electron chi connectivity index (χ3n) is 2.56. The van der Waals surface area contributed by atoms with Crippen molar-refractivity contribution in [1.82, 2.24) is 5.43 Å². The molecule has 2 aromatic rings. The van der Waals surface area contributed by atoms with Gasteiger partial charge in [0.1, 0.15) is 5.75 Å². The first-order valence-corrected chi connectivity index (χ1v) is 6.58. The second-order valence-corrected chi connectivity index (χ2v) is 4.62. The number of amides is 1. The van der Waals surface area contributed by atoms with Gasteiger partial charge in [0.25, 0.3) is 5.91 Å². The fourth-order valence-electron chi connectivity index (χ4n) is 1.51. The van der Waals surface area contributed by atoms with E-state index in [9.17, 15) is 13.6 Å². The number of halogens is 3. The maximum Gasteiger partial charge on any atom is 0.277 e. The molecule has 0 fully saturated rings. The largest absolute Gasteiger partial charge is 0.484 e. The molecule has 0 saturated heterocycles. The van der Waals surface area contributed by atoms with Gasteiger partial charge in [-0.25, -0.2) is 14.2 Å². The van der Waals surface area contributed by atoms with Gasteiger partial charge in [0.15, 0.2) is 18.2 Å². The van der Waals surface area contributed by atoms with Gasteiger partial charge in [-0.2, -0.15) is 5.10 Å². The molecular formula is C15H11ClF2N2O2. The van der Waals surface area contributed by atoms with Crippen molar-refractivity contribution < 1.29 is 18.3 Å². The zero-order chi connectivity index (χ0) is 15.9. The standard InChI is InChI=1S/C15H11ClF2N2O2/c16-11-4-6-12(7-5-11)22-9-14(21)20-19-8-10-2-1-3-13(17)15(10)18/h1-8H,9H2,(H,20,21). The van der Waals surface area contributed by atoms with Gasteiger partial charge in [-0.3, -0.25) is 4.79 Å². The smallest absolute Gasteiger partial charge is 0.277 e. The van der Waals surface area contributed by atoms with E-state index in [0.29, 0.717) is 10.8 Å². The van der Waals surface area contributed by atoms with E-state index in [-0.39, 0.29) is 12.2 Å². The summed E-state index contributed by atoms with van der Waals surface area (Å²) in [5.74, 6) is -2.08. The number of hydrogen-bond donors (Lipinski definition) is 1. The van der Waals surface area contributed by atoms with Crippen molar-refractivity contribution in [2.45, 2.75) is 0 Å². The molecule has 0 radical (unpaired) electrons. The molecule has 0 spiro atoms. The Morgan fingerprint density at radius 2 is 1.95 bits per heavy atom. The molecule has 0 aliphatic rings. The monoisotopic (exact) mass is 324 g/mol. The first kappa shape index (κ1) is 15.9. The highest BCUT2D eigenvalue weighted by atomic mass is 35.5. The summed E-state index contributed by atoms with van der Waals surface area (Å²) in [5.41, 5.74) is 2.08. The third-order valence-corrected chi connectivity index (χ3v) is 2.81. The highest BCUT2D eigenvalue weighted by Crippen LogP contribution is 2.15. The van der Waals surface area contributed by atoms with Crippen molar-refractivity contribution in [2.75, 3.05) is 6.61 Å². The van der Waals surface area contributed by atoms with Crippen LogP contribution in [0.3, 0.4) is 0 Å². The van der Waals surface area contributed by atoms with Gasteiger partial charge in [0, 0.05) is 10.6 Å². The number of carbonyl (C=O) groups is 1. The number of hydrazone groups is 1. The minimum Gasteiger partial charge on any atom is -0.484 e. The Labute approximate surface area is 130 Å². The van der Waals surface area contributed by atoms with Crippen LogP contribution in [0.25, 0.3) is 0 Å². The minimum atomic E-state index is -1.03. The number of rotatable bonds is 5. The molecule has 7 heteroatoms. The van der Waals surface area contributed by atoms with Gasteiger partial charge in [-0.05, 0) is 30.3 Å². The lowest BCUT2D eigenvalue weighted by Crippen LogP contribution is -2.24. The number of hydrogen-bond acceptors (Lipinski definition) is 3. The summed E-state index contributed by atoms with van der Waals surface area (Å²) in [5, 5.41) is 4.09. The fourth-order valence-corrected chi connectivity index (χ4v) is 1.63. The van der Waals surface area contributed by atoms with Crippen LogP contribution in [-0.2, 0) is 4.79 Å². The Hall–Kier alpha value is -2.47. The molecule has 0 unspecified atom stereocenters. The van der Waals surface area contributed by atoms with Crippen molar-refractivity contribution in [1.29, 1.82) is 0 Å². The second-order valence-electron chi connectivity index (χ2n) is 4.18. The lowest BCUT2D eigenvalue weighted by molar-refractivity contribution is -0.123. The average Bonchev–Trinajstić information content (AvgIpc) is 2.51. The van der Waals surface area contributed by atoms with Crippen LogP contribution in [0, 0.1) is 11.6 Å². The highest BCUT2D eigenvalue weighted by molar-refractivity contribution is 6.30. The van der Waals surface area contributed by atoms with E-state index < -0.39 is 17.5 Å². The molecule has 1 N–H and O–H groups in total. The van der Waals surface area contributed by atoms with Crippen LogP contribution in [0.4, 0.5) is 8.78 Å². The third kappa shape index (κ3) is 4.53. The van der Waals surface area contributed by atoms with E-state index >= 15 is 0 Å². The Kier molecular flexibility index (Phi) is 5.43. The predicted octanol–water partition coefficient (Wildman–Crippen LogP) is 3.15. The Morgan fingerprint density at radius 3 is 2.68 bits per heavy atom. The molecule has 0 aromatic heterocycles. The van der Waals surface area contributed by atoms with Crippen LogP contribution in [0.1, 0.15) is 5.56 Å². The van der Waals surface area contributed by atoms with E-state index in [1.54, 1.807) is 24.3 Å². The number of carbonyl (C=O) groups excluding carboxylic acids is 1. The van der Waals surface area contributed by atoms with Gasteiger partial charge < -0.3 is 4.74 Å². The van der Waals surface area contributed by atoms with Crippen LogP contribution in [0.2, 0.25) is 5.02 Å². The Morgan fingerprint density at radius 1 is 1.23 bits per heavy atom. The van der Waals surface area contributed by atoms with Gasteiger partial charge in [0.2, 0.25) is 0 Å². The number of ether oxygens (including phenoxy) is 1. The number of nitrogens with one attached hydrogen (secondary N) is 1. The van der Waals surface area contributed by atoms with E-state index in [1.807, 2.05) is 0 Å².